The highest BCUT2D eigenvalue weighted by Crippen LogP contribution is 2.04. The Morgan fingerprint density at radius 3 is 2.36 bits per heavy atom. The van der Waals surface area contributed by atoms with Gasteiger partial charge < -0.3 is 8.85 Å². The molecule has 0 aromatic carbocycles. The first-order valence-corrected chi connectivity index (χ1v) is 4.91. The van der Waals surface area contributed by atoms with Crippen molar-refractivity contribution < 1.29 is 13.6 Å². The molecule has 0 aliphatic carbocycles. The van der Waals surface area contributed by atoms with E-state index < -0.39 is 10.0 Å². The van der Waals surface area contributed by atoms with Crippen LogP contribution in [-0.4, -0.2) is 21.6 Å². The summed E-state index contributed by atoms with van der Waals surface area (Å²) in [7, 11) is -1.10. The molecule has 0 N–H and O–H groups in total. The van der Waals surface area contributed by atoms with Gasteiger partial charge in [0.05, 0.1) is 5.60 Å². The van der Waals surface area contributed by atoms with Crippen LogP contribution in [0.25, 0.3) is 0 Å². The summed E-state index contributed by atoms with van der Waals surface area (Å²) in [6.45, 7) is 7.60. The van der Waals surface area contributed by atoms with Crippen molar-refractivity contribution in [1.82, 2.24) is 0 Å². The smallest absolute Gasteiger partial charge is 0.369 e. The van der Waals surface area contributed by atoms with Crippen LogP contribution in [0.3, 0.4) is 0 Å². The molecule has 0 fully saturated rings. The Labute approximate surface area is 70.1 Å². The second kappa shape index (κ2) is 4.51. The third-order valence-corrected chi connectivity index (χ3v) is 2.42. The molecule has 0 saturated heterocycles. The monoisotopic (exact) mass is 176 g/mol. The highest BCUT2D eigenvalue weighted by molar-refractivity contribution is 6.22. The highest BCUT2D eigenvalue weighted by Gasteiger charge is 2.10. The van der Waals surface area contributed by atoms with Gasteiger partial charge in [0.1, 0.15) is 0 Å². The lowest BCUT2D eigenvalue weighted by Gasteiger charge is -2.19. The van der Waals surface area contributed by atoms with Crippen LogP contribution in [0.15, 0.2) is 0 Å². The maximum atomic E-state index is 10.6. The summed E-state index contributed by atoms with van der Waals surface area (Å²) < 4.78 is 10.1. The summed E-state index contributed by atoms with van der Waals surface area (Å²) in [6.07, 6.45) is 0.431. The van der Waals surface area contributed by atoms with E-state index >= 15 is 0 Å². The van der Waals surface area contributed by atoms with E-state index in [0.717, 1.165) is 0 Å². The molecule has 0 aromatic heterocycles. The zero-order valence-corrected chi connectivity index (χ0v) is 9.05. The fourth-order valence-electron chi connectivity index (χ4n) is 0.374. The van der Waals surface area contributed by atoms with Crippen LogP contribution >= 0.6 is 0 Å². The molecule has 0 heterocycles. The third kappa shape index (κ3) is 7.54. The number of carbonyl (C=O) groups excluding carboxylic acids is 1. The van der Waals surface area contributed by atoms with Gasteiger partial charge in [0.25, 0.3) is 5.97 Å². The van der Waals surface area contributed by atoms with Crippen molar-refractivity contribution in [2.75, 3.05) is 0 Å². The zero-order valence-electron chi connectivity index (χ0n) is 7.64. The lowest BCUT2D eigenvalue weighted by Crippen LogP contribution is -2.24. The van der Waals surface area contributed by atoms with Crippen LogP contribution in [-0.2, 0) is 13.6 Å². The van der Waals surface area contributed by atoms with Gasteiger partial charge in [-0.25, -0.2) is 0 Å². The molecule has 0 amide bonds. The van der Waals surface area contributed by atoms with Crippen molar-refractivity contribution in [3.8, 4) is 0 Å². The van der Waals surface area contributed by atoms with Gasteiger partial charge in [-0.2, -0.15) is 0 Å². The second-order valence-corrected chi connectivity index (χ2v) is 4.06. The van der Waals surface area contributed by atoms with Crippen molar-refractivity contribution in [3.63, 3.8) is 0 Å². The lowest BCUT2D eigenvalue weighted by molar-refractivity contribution is -0.135. The zero-order chi connectivity index (χ0) is 8.91. The molecule has 4 heteroatoms. The fourth-order valence-corrected chi connectivity index (χ4v) is 1.12. The normalized spacial score (nSPS) is 12.4. The summed E-state index contributed by atoms with van der Waals surface area (Å²) in [6, 6.07) is 0. The van der Waals surface area contributed by atoms with E-state index in [1.54, 1.807) is 6.92 Å². The lowest BCUT2D eigenvalue weighted by atomic mass is 10.2. The van der Waals surface area contributed by atoms with Crippen LogP contribution in [0.1, 0.15) is 34.1 Å². The van der Waals surface area contributed by atoms with Crippen LogP contribution in [0.5, 0.6) is 0 Å². The first kappa shape index (κ1) is 10.6. The number of hydrogen-bond acceptors (Lipinski definition) is 3. The van der Waals surface area contributed by atoms with E-state index in [1.807, 2.05) is 20.8 Å². The Kier molecular flexibility index (Phi) is 4.36. The molecule has 0 bridgehead atoms. The molecule has 66 valence electrons. The van der Waals surface area contributed by atoms with E-state index in [2.05, 4.69) is 0 Å². The molecule has 0 atom stereocenters. The van der Waals surface area contributed by atoms with Gasteiger partial charge in [-0.15, -0.1) is 0 Å². The summed E-state index contributed by atoms with van der Waals surface area (Å²) in [5, 5.41) is 0. The molecule has 0 radical (unpaired) electrons. The predicted molar refractivity (Wildman–Crippen MR) is 45.8 cm³/mol. The molecule has 0 saturated carbocycles. The molecule has 0 rings (SSSR count). The molecular weight excluding hydrogens is 160 g/mol. The van der Waals surface area contributed by atoms with Crippen molar-refractivity contribution in [3.05, 3.63) is 0 Å². The van der Waals surface area contributed by atoms with Gasteiger partial charge >= 0.3 is 10.0 Å². The molecule has 11 heavy (non-hydrogen) atoms. The minimum atomic E-state index is -1.10. The quantitative estimate of drug-likeness (QED) is 0.595. The van der Waals surface area contributed by atoms with Gasteiger partial charge in [-0.1, -0.05) is 6.92 Å². The van der Waals surface area contributed by atoms with Crippen LogP contribution in [0.2, 0.25) is 0 Å². The van der Waals surface area contributed by atoms with Gasteiger partial charge in [0.15, 0.2) is 0 Å². The van der Waals surface area contributed by atoms with Gasteiger partial charge in [-0.05, 0) is 20.8 Å². The third-order valence-electron chi connectivity index (χ3n) is 1.00. The van der Waals surface area contributed by atoms with Crippen molar-refractivity contribution in [2.45, 2.75) is 39.7 Å². The van der Waals surface area contributed by atoms with Crippen LogP contribution in [0, 0.1) is 0 Å². The summed E-state index contributed by atoms with van der Waals surface area (Å²) in [5.74, 6) is -0.166. The molecule has 0 aliphatic heterocycles. The van der Waals surface area contributed by atoms with E-state index in [9.17, 15) is 4.79 Å². The minimum absolute atomic E-state index is 0.166. The molecule has 0 unspecified atom stereocenters. The molecule has 3 nitrogen and oxygen atoms in total. The maximum Gasteiger partial charge on any atom is 0.369 e. The highest BCUT2D eigenvalue weighted by atomic mass is 28.3. The van der Waals surface area contributed by atoms with Gasteiger partial charge in [0.2, 0.25) is 0 Å². The second-order valence-electron chi connectivity index (χ2n) is 3.24. The van der Waals surface area contributed by atoms with Gasteiger partial charge in [-0.3, -0.25) is 4.79 Å². The molecule has 0 aromatic rings. The van der Waals surface area contributed by atoms with Gasteiger partial charge in [0, 0.05) is 6.42 Å². The Balaban J connectivity index is 3.35. The Bertz CT molecular complexity index is 128. The topological polar surface area (TPSA) is 35.5 Å². The SMILES string of the molecule is CCC(=O)O[SiH2]OC(C)(C)C. The predicted octanol–water partition coefficient (Wildman–Crippen LogP) is 0.753. The number of rotatable bonds is 3. The van der Waals surface area contributed by atoms with Crippen molar-refractivity contribution in [2.24, 2.45) is 0 Å². The van der Waals surface area contributed by atoms with Crippen LogP contribution < -0.4 is 0 Å². The first-order chi connectivity index (χ1) is 4.95. The maximum absolute atomic E-state index is 10.6. The number of carbonyl (C=O) groups is 1. The first-order valence-electron chi connectivity index (χ1n) is 3.75. The van der Waals surface area contributed by atoms with E-state index in [4.69, 9.17) is 8.85 Å². The van der Waals surface area contributed by atoms with Crippen LogP contribution in [0.4, 0.5) is 0 Å². The van der Waals surface area contributed by atoms with E-state index in [1.165, 1.54) is 0 Å². The minimum Gasteiger partial charge on any atom is -0.499 e. The Hall–Kier alpha value is -0.353. The Morgan fingerprint density at radius 2 is 2.00 bits per heavy atom. The average Bonchev–Trinajstić information content (AvgIpc) is 1.85. The standard InChI is InChI=1S/C7H16O3Si/c1-5-6(8)9-11-10-7(2,3)4/h5,11H2,1-4H3. The van der Waals surface area contributed by atoms with E-state index in [-0.39, 0.29) is 11.6 Å². The molecule has 0 aliphatic rings. The largest absolute Gasteiger partial charge is 0.499 e. The number of hydrogen-bond donors (Lipinski definition) is 0. The average molecular weight is 176 g/mol. The van der Waals surface area contributed by atoms with Crippen molar-refractivity contribution in [1.29, 1.82) is 0 Å². The summed E-state index contributed by atoms with van der Waals surface area (Å²) in [4.78, 5) is 10.6. The van der Waals surface area contributed by atoms with E-state index in [0.29, 0.717) is 6.42 Å². The summed E-state index contributed by atoms with van der Waals surface area (Å²) >= 11 is 0. The Morgan fingerprint density at radius 1 is 1.45 bits per heavy atom. The molecular formula is C7H16O3Si. The fraction of sp³-hybridized carbons (Fsp3) is 0.857. The van der Waals surface area contributed by atoms with Crippen molar-refractivity contribution >= 4 is 16.0 Å². The summed E-state index contributed by atoms with van der Waals surface area (Å²) in [5.41, 5.74) is -0.180. The molecule has 0 spiro atoms.